The predicted molar refractivity (Wildman–Crippen MR) is 74.2 cm³/mol. The van der Waals surface area contributed by atoms with Gasteiger partial charge in [-0.05, 0) is 38.1 Å². The number of nitrogens with one attached hydrogen (secondary N) is 2. The van der Waals surface area contributed by atoms with Crippen LogP contribution in [0.15, 0.2) is 18.2 Å². The lowest BCUT2D eigenvalue weighted by Gasteiger charge is -2.16. The minimum atomic E-state index is -0.553. The highest BCUT2D eigenvalue weighted by atomic mass is 35.5. The lowest BCUT2D eigenvalue weighted by atomic mass is 10.0. The molecule has 2 rings (SSSR count). The fraction of sp³-hybridized carbons (Fsp3) is 0.385. The molecule has 102 valence electrons. The summed E-state index contributed by atoms with van der Waals surface area (Å²) in [7, 11) is 0. The van der Waals surface area contributed by atoms with Crippen molar-refractivity contribution in [2.45, 2.75) is 19.4 Å². The van der Waals surface area contributed by atoms with Gasteiger partial charge in [0.25, 0.3) is 0 Å². The number of nitrogens with two attached hydrogens (primary N) is 1. The van der Waals surface area contributed by atoms with E-state index in [9.17, 15) is 9.59 Å². The fourth-order valence-corrected chi connectivity index (χ4v) is 2.38. The van der Waals surface area contributed by atoms with Crippen molar-refractivity contribution in [1.29, 1.82) is 0 Å². The van der Waals surface area contributed by atoms with Crippen LogP contribution < -0.4 is 16.4 Å². The van der Waals surface area contributed by atoms with Gasteiger partial charge in [-0.15, -0.1) is 0 Å². The minimum absolute atomic E-state index is 0.0895. The number of amides is 2. The topological polar surface area (TPSA) is 84.2 Å². The summed E-state index contributed by atoms with van der Waals surface area (Å²) in [5.41, 5.74) is 5.94. The molecule has 1 saturated heterocycles. The van der Waals surface area contributed by atoms with Gasteiger partial charge < -0.3 is 16.4 Å². The van der Waals surface area contributed by atoms with Gasteiger partial charge in [0, 0.05) is 11.6 Å². The molecule has 5 nitrogen and oxygen atoms in total. The lowest BCUT2D eigenvalue weighted by molar-refractivity contribution is -0.120. The Morgan fingerprint density at radius 1 is 1.47 bits per heavy atom. The lowest BCUT2D eigenvalue weighted by Crippen LogP contribution is -2.32. The van der Waals surface area contributed by atoms with Crippen LogP contribution in [0.4, 0.5) is 5.69 Å². The van der Waals surface area contributed by atoms with Gasteiger partial charge in [-0.1, -0.05) is 11.6 Å². The van der Waals surface area contributed by atoms with Crippen molar-refractivity contribution in [3.8, 4) is 0 Å². The normalized spacial score (nSPS) is 22.2. The number of primary amides is 1. The SMILES string of the molecule is CC1NCCC1C(=O)Nc1cc(C(N)=O)ccc1Cl. The monoisotopic (exact) mass is 281 g/mol. The van der Waals surface area contributed by atoms with Gasteiger partial charge in [-0.2, -0.15) is 0 Å². The molecule has 0 radical (unpaired) electrons. The van der Waals surface area contributed by atoms with E-state index in [4.69, 9.17) is 17.3 Å². The number of carbonyl (C=O) groups is 2. The van der Waals surface area contributed by atoms with Crippen LogP contribution in [0, 0.1) is 5.92 Å². The first-order chi connectivity index (χ1) is 8.99. The molecule has 1 aromatic carbocycles. The van der Waals surface area contributed by atoms with E-state index in [0.29, 0.717) is 16.3 Å². The third-order valence-corrected chi connectivity index (χ3v) is 3.70. The first-order valence-electron chi connectivity index (χ1n) is 6.12. The molecule has 0 spiro atoms. The van der Waals surface area contributed by atoms with E-state index in [0.717, 1.165) is 13.0 Å². The summed E-state index contributed by atoms with van der Waals surface area (Å²) in [5, 5.41) is 6.36. The van der Waals surface area contributed by atoms with E-state index in [1.807, 2.05) is 6.92 Å². The average molecular weight is 282 g/mol. The Labute approximate surface area is 116 Å². The Bertz CT molecular complexity index is 519. The summed E-state index contributed by atoms with van der Waals surface area (Å²) in [4.78, 5) is 23.2. The van der Waals surface area contributed by atoms with E-state index < -0.39 is 5.91 Å². The molecule has 4 N–H and O–H groups in total. The maximum atomic E-state index is 12.1. The van der Waals surface area contributed by atoms with Crippen molar-refractivity contribution >= 4 is 29.1 Å². The molecule has 0 bridgehead atoms. The van der Waals surface area contributed by atoms with E-state index in [2.05, 4.69) is 10.6 Å². The Hall–Kier alpha value is -1.59. The molecule has 2 unspecified atom stereocenters. The number of benzene rings is 1. The van der Waals surface area contributed by atoms with Crippen molar-refractivity contribution < 1.29 is 9.59 Å². The van der Waals surface area contributed by atoms with Crippen molar-refractivity contribution in [2.75, 3.05) is 11.9 Å². The number of hydrogen-bond acceptors (Lipinski definition) is 3. The van der Waals surface area contributed by atoms with E-state index >= 15 is 0 Å². The summed E-state index contributed by atoms with van der Waals surface area (Å²) in [6, 6.07) is 4.71. The van der Waals surface area contributed by atoms with Crippen LogP contribution in [0.2, 0.25) is 5.02 Å². The Morgan fingerprint density at radius 2 is 2.21 bits per heavy atom. The summed E-state index contributed by atoms with van der Waals surface area (Å²) >= 11 is 6.01. The summed E-state index contributed by atoms with van der Waals surface area (Å²) < 4.78 is 0. The number of rotatable bonds is 3. The zero-order valence-corrected chi connectivity index (χ0v) is 11.3. The molecule has 0 saturated carbocycles. The molecule has 0 aromatic heterocycles. The first kappa shape index (κ1) is 13.8. The molecule has 0 aliphatic carbocycles. The maximum Gasteiger partial charge on any atom is 0.248 e. The number of carbonyl (C=O) groups excluding carboxylic acids is 2. The van der Waals surface area contributed by atoms with Gasteiger partial charge in [-0.25, -0.2) is 0 Å². The summed E-state index contributed by atoms with van der Waals surface area (Å²) in [6.07, 6.45) is 0.792. The maximum absolute atomic E-state index is 12.1. The molecule has 1 heterocycles. The zero-order valence-electron chi connectivity index (χ0n) is 10.6. The number of hydrogen-bond donors (Lipinski definition) is 3. The molecule has 1 aromatic rings. The van der Waals surface area contributed by atoms with Crippen LogP contribution in [0.5, 0.6) is 0 Å². The second-order valence-electron chi connectivity index (χ2n) is 4.69. The van der Waals surface area contributed by atoms with Crippen LogP contribution in [0.3, 0.4) is 0 Å². The van der Waals surface area contributed by atoms with Gasteiger partial charge in [0.1, 0.15) is 0 Å². The molecular weight excluding hydrogens is 266 g/mol. The van der Waals surface area contributed by atoms with Crippen LogP contribution >= 0.6 is 11.6 Å². The molecule has 1 aliphatic rings. The van der Waals surface area contributed by atoms with Gasteiger partial charge >= 0.3 is 0 Å². The Morgan fingerprint density at radius 3 is 2.79 bits per heavy atom. The van der Waals surface area contributed by atoms with E-state index in [1.165, 1.54) is 12.1 Å². The zero-order chi connectivity index (χ0) is 14.0. The van der Waals surface area contributed by atoms with Crippen LogP contribution in [0.1, 0.15) is 23.7 Å². The molecule has 1 fully saturated rings. The average Bonchev–Trinajstić information content (AvgIpc) is 2.78. The van der Waals surface area contributed by atoms with E-state index in [-0.39, 0.29) is 17.9 Å². The highest BCUT2D eigenvalue weighted by Gasteiger charge is 2.29. The fourth-order valence-electron chi connectivity index (χ4n) is 2.22. The van der Waals surface area contributed by atoms with Crippen LogP contribution in [-0.2, 0) is 4.79 Å². The molecule has 2 atom stereocenters. The first-order valence-corrected chi connectivity index (χ1v) is 6.50. The predicted octanol–water partition coefficient (Wildman–Crippen LogP) is 1.38. The molecule has 19 heavy (non-hydrogen) atoms. The molecular formula is C13H16ClN3O2. The smallest absolute Gasteiger partial charge is 0.248 e. The highest BCUT2D eigenvalue weighted by Crippen LogP contribution is 2.25. The quantitative estimate of drug-likeness (QED) is 0.782. The Balaban J connectivity index is 2.16. The second kappa shape index (κ2) is 5.59. The van der Waals surface area contributed by atoms with Crippen molar-refractivity contribution in [3.63, 3.8) is 0 Å². The number of halogens is 1. The summed E-state index contributed by atoms with van der Waals surface area (Å²) in [5.74, 6) is -0.739. The summed E-state index contributed by atoms with van der Waals surface area (Å²) in [6.45, 7) is 2.80. The minimum Gasteiger partial charge on any atom is -0.366 e. The number of anilines is 1. The van der Waals surface area contributed by atoms with Crippen molar-refractivity contribution in [1.82, 2.24) is 5.32 Å². The molecule has 2 amide bonds. The third kappa shape index (κ3) is 3.05. The van der Waals surface area contributed by atoms with Gasteiger partial charge in [-0.3, -0.25) is 9.59 Å². The molecule has 1 aliphatic heterocycles. The Kier molecular flexibility index (Phi) is 4.07. The van der Waals surface area contributed by atoms with Crippen molar-refractivity contribution in [3.05, 3.63) is 28.8 Å². The van der Waals surface area contributed by atoms with Crippen molar-refractivity contribution in [2.24, 2.45) is 11.7 Å². The van der Waals surface area contributed by atoms with E-state index in [1.54, 1.807) is 6.07 Å². The highest BCUT2D eigenvalue weighted by molar-refractivity contribution is 6.33. The van der Waals surface area contributed by atoms with Gasteiger partial charge in [0.05, 0.1) is 16.6 Å². The largest absolute Gasteiger partial charge is 0.366 e. The standard InChI is InChI=1S/C13H16ClN3O2/c1-7-9(4-5-16-7)13(19)17-11-6-8(12(15)18)2-3-10(11)14/h2-3,6-7,9,16H,4-5H2,1H3,(H2,15,18)(H,17,19). The van der Waals surface area contributed by atoms with Gasteiger partial charge in [0.2, 0.25) is 11.8 Å². The second-order valence-corrected chi connectivity index (χ2v) is 5.09. The van der Waals surface area contributed by atoms with Crippen LogP contribution in [-0.4, -0.2) is 24.4 Å². The third-order valence-electron chi connectivity index (χ3n) is 3.37. The molecule has 6 heteroatoms. The van der Waals surface area contributed by atoms with Crippen LogP contribution in [0.25, 0.3) is 0 Å². The van der Waals surface area contributed by atoms with Gasteiger partial charge in [0.15, 0.2) is 0 Å².